The van der Waals surface area contributed by atoms with Crippen molar-refractivity contribution < 1.29 is 30.4 Å². The SMILES string of the molecule is O=S(=O)(N1Cc2cc(C(F)F)ccc2NC(C23CC(C2)C3)C1)C(F)(F)F. The predicted molar refractivity (Wildman–Crippen MR) is 84.0 cm³/mol. The maximum absolute atomic E-state index is 13.1. The van der Waals surface area contributed by atoms with Crippen LogP contribution in [0.2, 0.25) is 0 Å². The van der Waals surface area contributed by atoms with Gasteiger partial charge in [-0.05, 0) is 48.3 Å². The highest BCUT2D eigenvalue weighted by Crippen LogP contribution is 2.66. The van der Waals surface area contributed by atoms with Crippen LogP contribution < -0.4 is 5.32 Å². The summed E-state index contributed by atoms with van der Waals surface area (Å²) in [6.45, 7) is -0.909. The van der Waals surface area contributed by atoms with Gasteiger partial charge in [0, 0.05) is 30.4 Å². The average molecular weight is 396 g/mol. The van der Waals surface area contributed by atoms with E-state index in [0.717, 1.165) is 25.3 Å². The molecule has 1 aliphatic heterocycles. The van der Waals surface area contributed by atoms with Gasteiger partial charge in [-0.25, -0.2) is 17.2 Å². The van der Waals surface area contributed by atoms with Crippen LogP contribution in [0.3, 0.4) is 0 Å². The number of benzene rings is 1. The van der Waals surface area contributed by atoms with Gasteiger partial charge in [-0.15, -0.1) is 0 Å². The van der Waals surface area contributed by atoms with Gasteiger partial charge in [-0.1, -0.05) is 6.07 Å². The molecule has 1 aromatic carbocycles. The standard InChI is InChI=1S/C16H17F5N2O2S/c17-14(18)10-1-2-12-11(3-10)7-23(26(24,25)16(19,20)21)8-13(22-12)15-4-9(5-15)6-15/h1-3,9,13-14,22H,4-8H2. The van der Waals surface area contributed by atoms with E-state index in [4.69, 9.17) is 0 Å². The van der Waals surface area contributed by atoms with Crippen molar-refractivity contribution in [1.29, 1.82) is 0 Å². The quantitative estimate of drug-likeness (QED) is 0.790. The Morgan fingerprint density at radius 3 is 2.35 bits per heavy atom. The van der Waals surface area contributed by atoms with Gasteiger partial charge in [0.25, 0.3) is 6.43 Å². The maximum Gasteiger partial charge on any atom is 0.511 e. The molecule has 5 rings (SSSR count). The van der Waals surface area contributed by atoms with Crippen LogP contribution in [-0.4, -0.2) is 30.8 Å². The van der Waals surface area contributed by atoms with Crippen molar-refractivity contribution in [1.82, 2.24) is 4.31 Å². The van der Waals surface area contributed by atoms with Crippen LogP contribution in [0.4, 0.5) is 27.6 Å². The number of fused-ring (bicyclic) bond motifs is 1. The van der Waals surface area contributed by atoms with E-state index in [9.17, 15) is 30.4 Å². The number of nitrogens with zero attached hydrogens (tertiary/aromatic N) is 1. The molecule has 0 saturated heterocycles. The van der Waals surface area contributed by atoms with Crippen molar-refractivity contribution in [3.05, 3.63) is 29.3 Å². The molecule has 4 nitrogen and oxygen atoms in total. The Morgan fingerprint density at radius 2 is 1.85 bits per heavy atom. The molecule has 1 aromatic rings. The molecule has 3 fully saturated rings. The lowest BCUT2D eigenvalue weighted by Crippen LogP contribution is -2.63. The number of rotatable bonds is 3. The lowest BCUT2D eigenvalue weighted by Gasteiger charge is -2.65. The van der Waals surface area contributed by atoms with Gasteiger partial charge >= 0.3 is 15.5 Å². The number of anilines is 1. The van der Waals surface area contributed by atoms with E-state index < -0.39 is 34.5 Å². The topological polar surface area (TPSA) is 49.4 Å². The molecule has 0 radical (unpaired) electrons. The number of hydrogen-bond donors (Lipinski definition) is 1. The largest absolute Gasteiger partial charge is 0.511 e. The first-order valence-corrected chi connectivity index (χ1v) is 9.70. The summed E-state index contributed by atoms with van der Waals surface area (Å²) in [5, 5.41) is 3.14. The number of hydrogen-bond acceptors (Lipinski definition) is 3. The summed E-state index contributed by atoms with van der Waals surface area (Å²) >= 11 is 0. The van der Waals surface area contributed by atoms with Crippen molar-refractivity contribution in [2.75, 3.05) is 11.9 Å². The molecular formula is C16H17F5N2O2S. The first-order chi connectivity index (χ1) is 12.0. The summed E-state index contributed by atoms with van der Waals surface area (Å²) in [4.78, 5) is 0. The zero-order valence-corrected chi connectivity index (χ0v) is 14.4. The van der Waals surface area contributed by atoms with Crippen molar-refractivity contribution in [3.8, 4) is 0 Å². The van der Waals surface area contributed by atoms with E-state index in [0.29, 0.717) is 15.9 Å². The molecule has 0 amide bonds. The van der Waals surface area contributed by atoms with E-state index in [2.05, 4.69) is 5.32 Å². The van der Waals surface area contributed by atoms with E-state index in [1.807, 2.05) is 0 Å². The summed E-state index contributed by atoms with van der Waals surface area (Å²) in [5.74, 6) is 0.563. The van der Waals surface area contributed by atoms with Crippen LogP contribution in [0, 0.1) is 11.3 Å². The predicted octanol–water partition coefficient (Wildman–Crippen LogP) is 3.87. The first-order valence-electron chi connectivity index (χ1n) is 8.26. The highest BCUT2D eigenvalue weighted by Gasteiger charge is 2.62. The highest BCUT2D eigenvalue weighted by molar-refractivity contribution is 7.89. The minimum Gasteiger partial charge on any atom is -0.380 e. The summed E-state index contributed by atoms with van der Waals surface area (Å²) in [6.07, 6.45) is -0.219. The van der Waals surface area contributed by atoms with Gasteiger partial charge in [0.1, 0.15) is 0 Å². The Morgan fingerprint density at radius 1 is 1.19 bits per heavy atom. The van der Waals surface area contributed by atoms with Crippen LogP contribution in [0.1, 0.15) is 36.8 Å². The third-order valence-electron chi connectivity index (χ3n) is 5.90. The van der Waals surface area contributed by atoms with Gasteiger partial charge in [-0.2, -0.15) is 17.5 Å². The lowest BCUT2D eigenvalue weighted by molar-refractivity contribution is -0.122. The van der Waals surface area contributed by atoms with Gasteiger partial charge in [0.15, 0.2) is 0 Å². The zero-order chi connectivity index (χ0) is 18.9. The molecule has 1 atom stereocenters. The van der Waals surface area contributed by atoms with Crippen LogP contribution in [-0.2, 0) is 16.6 Å². The zero-order valence-electron chi connectivity index (χ0n) is 13.6. The second kappa shape index (κ2) is 5.54. The minimum absolute atomic E-state index is 0.129. The van der Waals surface area contributed by atoms with E-state index >= 15 is 0 Å². The molecule has 1 heterocycles. The Kier molecular flexibility index (Phi) is 3.83. The fraction of sp³-hybridized carbons (Fsp3) is 0.625. The van der Waals surface area contributed by atoms with Gasteiger partial charge in [0.05, 0.1) is 0 Å². The summed E-state index contributed by atoms with van der Waals surface area (Å²) in [6, 6.07) is 3.22. The molecule has 3 aliphatic carbocycles. The molecule has 1 unspecified atom stereocenters. The van der Waals surface area contributed by atoms with E-state index in [-0.39, 0.29) is 23.1 Å². The maximum atomic E-state index is 13.1. The molecular weight excluding hydrogens is 379 g/mol. The molecule has 4 aliphatic rings. The highest BCUT2D eigenvalue weighted by atomic mass is 32.2. The van der Waals surface area contributed by atoms with Crippen molar-refractivity contribution in [2.24, 2.45) is 11.3 Å². The van der Waals surface area contributed by atoms with Gasteiger partial charge in [-0.3, -0.25) is 0 Å². The molecule has 1 N–H and O–H groups in total. The normalized spacial score (nSPS) is 31.5. The Hall–Kier alpha value is -1.42. The number of nitrogens with one attached hydrogen (secondary N) is 1. The molecule has 10 heteroatoms. The monoisotopic (exact) mass is 396 g/mol. The van der Waals surface area contributed by atoms with Crippen molar-refractivity contribution in [2.45, 2.75) is 43.8 Å². The molecule has 0 aromatic heterocycles. The molecule has 26 heavy (non-hydrogen) atoms. The first kappa shape index (κ1) is 18.0. The van der Waals surface area contributed by atoms with E-state index in [1.165, 1.54) is 12.1 Å². The van der Waals surface area contributed by atoms with Crippen molar-refractivity contribution in [3.63, 3.8) is 0 Å². The molecule has 144 valence electrons. The average Bonchev–Trinajstić information content (AvgIpc) is 2.61. The smallest absolute Gasteiger partial charge is 0.380 e. The summed E-state index contributed by atoms with van der Waals surface area (Å²) in [5.41, 5.74) is -5.43. The summed E-state index contributed by atoms with van der Waals surface area (Å²) < 4.78 is 89.6. The van der Waals surface area contributed by atoms with E-state index in [1.54, 1.807) is 0 Å². The second-order valence-corrected chi connectivity index (χ2v) is 9.43. The van der Waals surface area contributed by atoms with Crippen LogP contribution >= 0.6 is 0 Å². The van der Waals surface area contributed by atoms with Crippen LogP contribution in [0.15, 0.2) is 18.2 Å². The molecule has 0 spiro atoms. The third-order valence-corrected chi connectivity index (χ3v) is 7.44. The number of halogens is 5. The third kappa shape index (κ3) is 2.60. The second-order valence-electron chi connectivity index (χ2n) is 7.50. The van der Waals surface area contributed by atoms with Crippen molar-refractivity contribution >= 4 is 15.7 Å². The van der Waals surface area contributed by atoms with Gasteiger partial charge in [0.2, 0.25) is 0 Å². The minimum atomic E-state index is -5.55. The summed E-state index contributed by atoms with van der Waals surface area (Å²) in [7, 11) is -5.55. The van der Waals surface area contributed by atoms with Crippen LogP contribution in [0.5, 0.6) is 0 Å². The fourth-order valence-corrected chi connectivity index (χ4v) is 5.31. The fourth-order valence-electron chi connectivity index (χ4n) is 4.36. The Labute approximate surface area is 147 Å². The molecule has 3 saturated carbocycles. The Balaban J connectivity index is 1.74. The molecule has 2 bridgehead atoms. The van der Waals surface area contributed by atoms with Gasteiger partial charge < -0.3 is 5.32 Å². The van der Waals surface area contributed by atoms with Crippen LogP contribution in [0.25, 0.3) is 0 Å². The Bertz CT molecular complexity index is 823. The number of sulfonamides is 1. The number of alkyl halides is 5. The lowest BCUT2D eigenvalue weighted by atomic mass is 9.42.